The molecular weight excluding hydrogens is 340 g/mol. The van der Waals surface area contributed by atoms with E-state index < -0.39 is 29.3 Å². The normalized spacial score (nSPS) is 15.6. The fourth-order valence-corrected chi connectivity index (χ4v) is 2.46. The number of amides is 5. The van der Waals surface area contributed by atoms with Gasteiger partial charge in [-0.1, -0.05) is 12.1 Å². The van der Waals surface area contributed by atoms with Gasteiger partial charge in [-0.2, -0.15) is 0 Å². The van der Waals surface area contributed by atoms with Crippen LogP contribution >= 0.6 is 0 Å². The maximum Gasteiger partial charge on any atom is 0.325 e. The van der Waals surface area contributed by atoms with Crippen LogP contribution in [0, 0.1) is 0 Å². The Morgan fingerprint density at radius 2 is 1.96 bits per heavy atom. The molecule has 0 atom stereocenters. The minimum Gasteiger partial charge on any atom is -0.380 e. The van der Waals surface area contributed by atoms with Crippen molar-refractivity contribution in [3.8, 4) is 0 Å². The third-order valence-electron chi connectivity index (χ3n) is 3.82. The molecule has 0 aromatic heterocycles. The van der Waals surface area contributed by atoms with Crippen LogP contribution in [0.5, 0.6) is 0 Å². The first kappa shape index (κ1) is 19.4. The lowest BCUT2D eigenvalue weighted by molar-refractivity contribution is -0.130. The molecule has 5 amide bonds. The first-order valence-electron chi connectivity index (χ1n) is 8.06. The van der Waals surface area contributed by atoms with Gasteiger partial charge in [-0.05, 0) is 31.5 Å². The van der Waals surface area contributed by atoms with E-state index in [-0.39, 0.29) is 13.0 Å². The number of carbonyl (C=O) groups is 4. The standard InChI is InChI=1S/C17H22N4O5/c1-17(2)15(24)21(16(25)18-17)8-7-13(22)19-20-14(23)12-6-4-5-11(9-12)10-26-3/h4-6,9H,7-8,10H2,1-3H3,(H,18,25)(H,19,22)(H,20,23). The molecule has 0 aliphatic carbocycles. The summed E-state index contributed by atoms with van der Waals surface area (Å²) in [6.07, 6.45) is -0.126. The number of ether oxygens (including phenoxy) is 1. The summed E-state index contributed by atoms with van der Waals surface area (Å²) in [4.78, 5) is 48.7. The first-order valence-corrected chi connectivity index (χ1v) is 8.06. The number of hydrazine groups is 1. The van der Waals surface area contributed by atoms with E-state index >= 15 is 0 Å². The topological polar surface area (TPSA) is 117 Å². The quantitative estimate of drug-likeness (QED) is 0.498. The SMILES string of the molecule is COCc1cccc(C(=O)NNC(=O)CCN2C(=O)NC(C)(C)C2=O)c1. The zero-order valence-electron chi connectivity index (χ0n) is 14.9. The van der Waals surface area contributed by atoms with Crippen LogP contribution in [-0.4, -0.2) is 47.8 Å². The molecule has 1 heterocycles. The van der Waals surface area contributed by atoms with Crippen molar-refractivity contribution in [1.82, 2.24) is 21.1 Å². The Bertz CT molecular complexity index is 732. The highest BCUT2D eigenvalue weighted by atomic mass is 16.5. The minimum atomic E-state index is -0.977. The van der Waals surface area contributed by atoms with Gasteiger partial charge in [0.1, 0.15) is 5.54 Å². The molecule has 3 N–H and O–H groups in total. The summed E-state index contributed by atoms with van der Waals surface area (Å²) in [6, 6.07) is 6.26. The van der Waals surface area contributed by atoms with Gasteiger partial charge in [-0.25, -0.2) is 4.79 Å². The molecule has 0 unspecified atom stereocenters. The maximum atomic E-state index is 12.1. The monoisotopic (exact) mass is 362 g/mol. The van der Waals surface area contributed by atoms with Crippen LogP contribution in [0.25, 0.3) is 0 Å². The minimum absolute atomic E-state index is 0.0703. The zero-order chi connectivity index (χ0) is 19.3. The van der Waals surface area contributed by atoms with Gasteiger partial charge in [-0.3, -0.25) is 30.1 Å². The van der Waals surface area contributed by atoms with Crippen LogP contribution in [0.2, 0.25) is 0 Å². The number of methoxy groups -OCH3 is 1. The van der Waals surface area contributed by atoms with Crippen molar-refractivity contribution >= 4 is 23.8 Å². The fourth-order valence-electron chi connectivity index (χ4n) is 2.46. The molecule has 0 spiro atoms. The van der Waals surface area contributed by atoms with Gasteiger partial charge >= 0.3 is 6.03 Å². The molecule has 0 bridgehead atoms. The lowest BCUT2D eigenvalue weighted by Gasteiger charge is -2.15. The average molecular weight is 362 g/mol. The lowest BCUT2D eigenvalue weighted by Crippen LogP contribution is -2.44. The zero-order valence-corrected chi connectivity index (χ0v) is 14.9. The van der Waals surface area contributed by atoms with E-state index in [1.165, 1.54) is 0 Å². The number of hydrogen-bond donors (Lipinski definition) is 3. The Labute approximate surface area is 151 Å². The third-order valence-corrected chi connectivity index (χ3v) is 3.82. The van der Waals surface area contributed by atoms with E-state index in [1.807, 2.05) is 6.07 Å². The average Bonchev–Trinajstić information content (AvgIpc) is 2.79. The Morgan fingerprint density at radius 1 is 1.23 bits per heavy atom. The third kappa shape index (κ3) is 4.57. The van der Waals surface area contributed by atoms with Crippen molar-refractivity contribution in [2.45, 2.75) is 32.4 Å². The van der Waals surface area contributed by atoms with E-state index in [0.717, 1.165) is 10.5 Å². The summed E-state index contributed by atoms with van der Waals surface area (Å²) in [5.74, 6) is -1.39. The van der Waals surface area contributed by atoms with Crippen LogP contribution in [0.3, 0.4) is 0 Å². The Hall–Kier alpha value is -2.94. The molecule has 1 aromatic rings. The first-order chi connectivity index (χ1) is 12.2. The lowest BCUT2D eigenvalue weighted by atomic mass is 10.1. The Kier molecular flexibility index (Phi) is 5.93. The second-order valence-corrected chi connectivity index (χ2v) is 6.40. The van der Waals surface area contributed by atoms with E-state index in [9.17, 15) is 19.2 Å². The number of nitrogens with zero attached hydrogens (tertiary/aromatic N) is 1. The summed E-state index contributed by atoms with van der Waals surface area (Å²) in [7, 11) is 1.56. The van der Waals surface area contributed by atoms with Gasteiger partial charge in [0.15, 0.2) is 0 Å². The Balaban J connectivity index is 1.82. The number of benzene rings is 1. The molecule has 1 saturated heterocycles. The summed E-state index contributed by atoms with van der Waals surface area (Å²) in [5, 5.41) is 2.53. The predicted molar refractivity (Wildman–Crippen MR) is 91.7 cm³/mol. The highest BCUT2D eigenvalue weighted by Crippen LogP contribution is 2.16. The van der Waals surface area contributed by atoms with Crippen molar-refractivity contribution in [2.75, 3.05) is 13.7 Å². The summed E-state index contributed by atoms with van der Waals surface area (Å²) >= 11 is 0. The van der Waals surface area contributed by atoms with Crippen molar-refractivity contribution in [3.63, 3.8) is 0 Å². The molecule has 9 nitrogen and oxygen atoms in total. The number of urea groups is 1. The van der Waals surface area contributed by atoms with Gasteiger partial charge < -0.3 is 10.1 Å². The highest BCUT2D eigenvalue weighted by Gasteiger charge is 2.43. The Morgan fingerprint density at radius 3 is 2.58 bits per heavy atom. The number of carbonyl (C=O) groups excluding carboxylic acids is 4. The molecule has 1 aliphatic rings. The summed E-state index contributed by atoms with van der Waals surface area (Å²) in [5.41, 5.74) is 4.79. The van der Waals surface area contributed by atoms with Crippen molar-refractivity contribution < 1.29 is 23.9 Å². The van der Waals surface area contributed by atoms with Crippen LogP contribution in [0.1, 0.15) is 36.2 Å². The molecule has 140 valence electrons. The molecule has 2 rings (SSSR count). The molecule has 1 fully saturated rings. The fraction of sp³-hybridized carbons (Fsp3) is 0.412. The van der Waals surface area contributed by atoms with Crippen LogP contribution in [-0.2, 0) is 20.9 Å². The van der Waals surface area contributed by atoms with E-state index in [1.54, 1.807) is 39.2 Å². The molecule has 9 heteroatoms. The smallest absolute Gasteiger partial charge is 0.325 e. The number of hydrogen-bond acceptors (Lipinski definition) is 5. The second kappa shape index (κ2) is 7.96. The van der Waals surface area contributed by atoms with Gasteiger partial charge in [0.05, 0.1) is 6.61 Å². The maximum absolute atomic E-state index is 12.1. The predicted octanol–water partition coefficient (Wildman–Crippen LogP) is 0.315. The number of rotatable bonds is 6. The molecule has 26 heavy (non-hydrogen) atoms. The summed E-state index contributed by atoms with van der Waals surface area (Å²) in [6.45, 7) is 3.48. The molecule has 1 aromatic carbocycles. The van der Waals surface area contributed by atoms with Crippen LogP contribution in [0.15, 0.2) is 24.3 Å². The van der Waals surface area contributed by atoms with Gasteiger partial charge in [0.25, 0.3) is 11.8 Å². The molecular formula is C17H22N4O5. The van der Waals surface area contributed by atoms with Crippen molar-refractivity contribution in [3.05, 3.63) is 35.4 Å². The summed E-state index contributed by atoms with van der Waals surface area (Å²) < 4.78 is 5.01. The number of nitrogens with one attached hydrogen (secondary N) is 3. The second-order valence-electron chi connectivity index (χ2n) is 6.40. The van der Waals surface area contributed by atoms with Crippen molar-refractivity contribution in [2.24, 2.45) is 0 Å². The van der Waals surface area contributed by atoms with Crippen LogP contribution < -0.4 is 16.2 Å². The molecule has 0 saturated carbocycles. The van der Waals surface area contributed by atoms with E-state index in [4.69, 9.17) is 4.74 Å². The van der Waals surface area contributed by atoms with E-state index in [2.05, 4.69) is 16.2 Å². The van der Waals surface area contributed by atoms with Gasteiger partial charge in [-0.15, -0.1) is 0 Å². The number of imide groups is 1. The van der Waals surface area contributed by atoms with Gasteiger partial charge in [0, 0.05) is 25.6 Å². The van der Waals surface area contributed by atoms with Gasteiger partial charge in [0.2, 0.25) is 5.91 Å². The molecule has 1 aliphatic heterocycles. The van der Waals surface area contributed by atoms with E-state index in [0.29, 0.717) is 12.2 Å². The molecule has 0 radical (unpaired) electrons. The van der Waals surface area contributed by atoms with Crippen molar-refractivity contribution in [1.29, 1.82) is 0 Å². The highest BCUT2D eigenvalue weighted by molar-refractivity contribution is 6.06. The largest absolute Gasteiger partial charge is 0.380 e. The van der Waals surface area contributed by atoms with Crippen LogP contribution in [0.4, 0.5) is 4.79 Å².